The number of fused-ring (bicyclic) bond motifs is 1. The molecule has 5 N–H and O–H groups in total. The Labute approximate surface area is 222 Å². The molecule has 0 spiro atoms. The first-order chi connectivity index (χ1) is 17.5. The summed E-state index contributed by atoms with van der Waals surface area (Å²) in [6.45, 7) is 5.28. The van der Waals surface area contributed by atoms with Gasteiger partial charge in [0.25, 0.3) is 5.91 Å². The van der Waals surface area contributed by atoms with Gasteiger partial charge in [-0.1, -0.05) is 48.8 Å². The van der Waals surface area contributed by atoms with Crippen molar-refractivity contribution in [3.63, 3.8) is 0 Å². The second-order valence-corrected chi connectivity index (χ2v) is 10.4. The van der Waals surface area contributed by atoms with Crippen molar-refractivity contribution in [3.05, 3.63) is 70.4 Å². The minimum atomic E-state index is -0.725. The second-order valence-electron chi connectivity index (χ2n) is 9.92. The van der Waals surface area contributed by atoms with E-state index in [1.54, 1.807) is 27.0 Å². The summed E-state index contributed by atoms with van der Waals surface area (Å²) in [5.41, 5.74) is 12.4. The zero-order valence-corrected chi connectivity index (χ0v) is 22.2. The van der Waals surface area contributed by atoms with Gasteiger partial charge in [-0.05, 0) is 70.0 Å². The summed E-state index contributed by atoms with van der Waals surface area (Å²) in [5.74, 6) is 6.58. The van der Waals surface area contributed by atoms with Crippen molar-refractivity contribution < 1.29 is 14.3 Å². The topological polar surface area (TPSA) is 120 Å². The van der Waals surface area contributed by atoms with Crippen LogP contribution < -0.4 is 16.8 Å². The van der Waals surface area contributed by atoms with E-state index < -0.39 is 11.7 Å². The van der Waals surface area contributed by atoms with E-state index in [1.807, 2.05) is 42.5 Å². The Morgan fingerprint density at radius 1 is 1.05 bits per heavy atom. The van der Waals surface area contributed by atoms with Crippen LogP contribution in [-0.4, -0.2) is 28.6 Å². The first-order valence-corrected chi connectivity index (χ1v) is 12.6. The number of pyridine rings is 1. The number of nitrogens with two attached hydrogens (primary N) is 2. The summed E-state index contributed by atoms with van der Waals surface area (Å²) in [5, 5.41) is 5.57. The van der Waals surface area contributed by atoms with E-state index >= 15 is 0 Å². The SMILES string of the molecule is CC(C)(C)OC(N)=O.Nc1ncc2ccc(Cl)cc2c1C#Cc1ccc(C(=O)NC2CCCCC2)cc1. The molecule has 1 aliphatic rings. The molecule has 2 amide bonds. The number of benzene rings is 2. The Morgan fingerprint density at radius 2 is 1.73 bits per heavy atom. The molecule has 0 bridgehead atoms. The van der Waals surface area contributed by atoms with E-state index in [4.69, 9.17) is 23.1 Å². The molecule has 0 saturated heterocycles. The molecule has 0 radical (unpaired) electrons. The van der Waals surface area contributed by atoms with Crippen molar-refractivity contribution in [2.75, 3.05) is 5.73 Å². The number of nitrogen functional groups attached to an aromatic ring is 1. The van der Waals surface area contributed by atoms with Crippen LogP contribution in [0.1, 0.15) is 74.4 Å². The van der Waals surface area contributed by atoms with Gasteiger partial charge in [0.05, 0.1) is 5.56 Å². The monoisotopic (exact) mass is 520 g/mol. The Bertz CT molecular complexity index is 1310. The smallest absolute Gasteiger partial charge is 0.405 e. The van der Waals surface area contributed by atoms with Gasteiger partial charge in [-0.25, -0.2) is 9.78 Å². The van der Waals surface area contributed by atoms with Gasteiger partial charge in [-0.2, -0.15) is 0 Å². The summed E-state index contributed by atoms with van der Waals surface area (Å²) in [6, 6.07) is 13.2. The van der Waals surface area contributed by atoms with Crippen LogP contribution in [0.5, 0.6) is 0 Å². The molecule has 0 atom stereocenters. The normalized spacial score (nSPS) is 13.5. The zero-order chi connectivity index (χ0) is 27.0. The molecule has 1 aromatic heterocycles. The van der Waals surface area contributed by atoms with Crippen molar-refractivity contribution in [2.24, 2.45) is 5.73 Å². The van der Waals surface area contributed by atoms with Gasteiger partial charge in [0.1, 0.15) is 11.4 Å². The maximum absolute atomic E-state index is 12.4. The number of halogens is 1. The van der Waals surface area contributed by atoms with Crippen molar-refractivity contribution >= 4 is 40.2 Å². The van der Waals surface area contributed by atoms with Gasteiger partial charge in [-0.15, -0.1) is 0 Å². The minimum Gasteiger partial charge on any atom is -0.444 e. The van der Waals surface area contributed by atoms with Crippen LogP contribution in [0, 0.1) is 11.8 Å². The lowest BCUT2D eigenvalue weighted by Gasteiger charge is -2.22. The van der Waals surface area contributed by atoms with E-state index in [0.29, 0.717) is 28.0 Å². The minimum absolute atomic E-state index is 0.0199. The summed E-state index contributed by atoms with van der Waals surface area (Å²) in [7, 11) is 0. The second kappa shape index (κ2) is 12.5. The van der Waals surface area contributed by atoms with E-state index in [2.05, 4.69) is 26.9 Å². The average molecular weight is 521 g/mol. The molecule has 37 heavy (non-hydrogen) atoms. The maximum Gasteiger partial charge on any atom is 0.405 e. The van der Waals surface area contributed by atoms with Crippen molar-refractivity contribution in [2.45, 2.75) is 64.5 Å². The zero-order valence-electron chi connectivity index (χ0n) is 21.4. The van der Waals surface area contributed by atoms with Crippen molar-refractivity contribution in [3.8, 4) is 11.8 Å². The van der Waals surface area contributed by atoms with Crippen LogP contribution in [-0.2, 0) is 4.74 Å². The number of aromatic nitrogens is 1. The number of amides is 2. The molecule has 7 nitrogen and oxygen atoms in total. The predicted octanol–water partition coefficient (Wildman–Crippen LogP) is 5.81. The number of rotatable bonds is 2. The molecule has 1 aliphatic carbocycles. The molecule has 0 aliphatic heterocycles. The lowest BCUT2D eigenvalue weighted by Crippen LogP contribution is -2.36. The average Bonchev–Trinajstić information content (AvgIpc) is 2.83. The lowest BCUT2D eigenvalue weighted by atomic mass is 9.95. The largest absolute Gasteiger partial charge is 0.444 e. The Morgan fingerprint density at radius 3 is 2.32 bits per heavy atom. The summed E-state index contributed by atoms with van der Waals surface area (Å²) in [4.78, 5) is 26.7. The molecule has 4 rings (SSSR count). The van der Waals surface area contributed by atoms with Crippen molar-refractivity contribution in [1.82, 2.24) is 10.3 Å². The number of hydrogen-bond acceptors (Lipinski definition) is 5. The first-order valence-electron chi connectivity index (χ1n) is 12.3. The Kier molecular flexibility index (Phi) is 9.37. The molecule has 3 aromatic rings. The van der Waals surface area contributed by atoms with E-state index in [0.717, 1.165) is 29.2 Å². The van der Waals surface area contributed by atoms with E-state index in [-0.39, 0.29) is 5.91 Å². The first kappa shape index (κ1) is 27.8. The van der Waals surface area contributed by atoms with Gasteiger partial charge < -0.3 is 21.5 Å². The molecular formula is C29H33ClN4O3. The molecule has 0 unspecified atom stereocenters. The fraction of sp³-hybridized carbons (Fsp3) is 0.345. The highest BCUT2D eigenvalue weighted by atomic mass is 35.5. The third kappa shape index (κ3) is 8.69. The highest BCUT2D eigenvalue weighted by Crippen LogP contribution is 2.25. The fourth-order valence-electron chi connectivity index (χ4n) is 3.99. The van der Waals surface area contributed by atoms with Gasteiger partial charge >= 0.3 is 6.09 Å². The predicted molar refractivity (Wildman–Crippen MR) is 148 cm³/mol. The van der Waals surface area contributed by atoms with Crippen LogP contribution in [0.4, 0.5) is 10.6 Å². The van der Waals surface area contributed by atoms with Crippen LogP contribution in [0.2, 0.25) is 5.02 Å². The third-order valence-corrected chi connectivity index (χ3v) is 5.94. The summed E-state index contributed by atoms with van der Waals surface area (Å²) in [6.07, 6.45) is 6.78. The number of nitrogens with one attached hydrogen (secondary N) is 1. The standard InChI is InChI=1S/C24H22ClN3O.C5H11NO2/c25-19-12-11-18-15-27-23(26)21(22(18)14-19)13-8-16-6-9-17(10-7-16)24(29)28-20-4-2-1-3-5-20;1-5(2,3)8-4(6)7/h6-7,9-12,14-15,20H,1-5H2,(H2,26,27)(H,28,29);1-3H3,(H2,6,7). The number of carbonyl (C=O) groups excluding carboxylic acids is 2. The van der Waals surface area contributed by atoms with E-state index in [9.17, 15) is 9.59 Å². The highest BCUT2D eigenvalue weighted by Gasteiger charge is 2.16. The third-order valence-electron chi connectivity index (χ3n) is 5.71. The molecule has 8 heteroatoms. The van der Waals surface area contributed by atoms with Crippen LogP contribution in [0.3, 0.4) is 0 Å². The molecule has 1 heterocycles. The number of primary amides is 1. The fourth-order valence-corrected chi connectivity index (χ4v) is 4.16. The van der Waals surface area contributed by atoms with Gasteiger partial charge in [0.2, 0.25) is 0 Å². The van der Waals surface area contributed by atoms with Gasteiger partial charge in [0.15, 0.2) is 0 Å². The van der Waals surface area contributed by atoms with Crippen LogP contribution in [0.25, 0.3) is 10.8 Å². The van der Waals surface area contributed by atoms with Gasteiger partial charge in [-0.3, -0.25) is 4.79 Å². The highest BCUT2D eigenvalue weighted by molar-refractivity contribution is 6.31. The number of ether oxygens (including phenoxy) is 1. The van der Waals surface area contributed by atoms with Gasteiger partial charge in [0, 0.05) is 39.2 Å². The quantitative estimate of drug-likeness (QED) is 0.368. The maximum atomic E-state index is 12.4. The van der Waals surface area contributed by atoms with E-state index in [1.165, 1.54) is 19.3 Å². The molecule has 1 saturated carbocycles. The summed E-state index contributed by atoms with van der Waals surface area (Å²) < 4.78 is 4.58. The number of carbonyl (C=O) groups is 2. The summed E-state index contributed by atoms with van der Waals surface area (Å²) >= 11 is 6.13. The molecule has 2 aromatic carbocycles. The van der Waals surface area contributed by atoms with Crippen LogP contribution in [0.15, 0.2) is 48.7 Å². The van der Waals surface area contributed by atoms with Crippen molar-refractivity contribution in [1.29, 1.82) is 0 Å². The Hall–Kier alpha value is -3.76. The lowest BCUT2D eigenvalue weighted by molar-refractivity contribution is 0.0599. The number of nitrogens with zero attached hydrogens (tertiary/aromatic N) is 1. The van der Waals surface area contributed by atoms with Crippen LogP contribution >= 0.6 is 11.6 Å². The number of anilines is 1. The molecular weight excluding hydrogens is 488 g/mol. The number of hydrogen-bond donors (Lipinski definition) is 3. The molecule has 194 valence electrons. The Balaban J connectivity index is 0.000000414. The molecule has 1 fully saturated rings.